The molecule has 1 aromatic heterocycles. The number of nitrogens with two attached hydrogens (primary N) is 1. The predicted octanol–water partition coefficient (Wildman–Crippen LogP) is 1.29. The summed E-state index contributed by atoms with van der Waals surface area (Å²) >= 11 is 0. The normalized spacial score (nSPS) is 10.4. The fourth-order valence-electron chi connectivity index (χ4n) is 1.43. The van der Waals surface area contributed by atoms with Crippen molar-refractivity contribution >= 4 is 5.82 Å². The molecule has 1 rings (SSSR count). The number of nitrogens with zero attached hydrogens (tertiary/aromatic N) is 2. The molecule has 16 heavy (non-hydrogen) atoms. The molecule has 0 saturated heterocycles. The summed E-state index contributed by atoms with van der Waals surface area (Å²) in [7, 11) is 0. The van der Waals surface area contributed by atoms with E-state index in [9.17, 15) is 0 Å². The number of hydrogen-bond donors (Lipinski definition) is 2. The molecule has 0 unspecified atom stereocenters. The zero-order valence-corrected chi connectivity index (χ0v) is 9.99. The molecule has 1 heterocycles. The van der Waals surface area contributed by atoms with Crippen molar-refractivity contribution in [2.45, 2.75) is 33.1 Å². The van der Waals surface area contributed by atoms with E-state index in [0.717, 1.165) is 37.4 Å². The van der Waals surface area contributed by atoms with E-state index in [-0.39, 0.29) is 0 Å². The maximum absolute atomic E-state index is 5.37. The summed E-state index contributed by atoms with van der Waals surface area (Å²) in [5, 5.41) is 0. The molecule has 5 heteroatoms. The molecule has 0 spiro atoms. The van der Waals surface area contributed by atoms with Crippen molar-refractivity contribution in [3.05, 3.63) is 17.6 Å². The summed E-state index contributed by atoms with van der Waals surface area (Å²) in [6, 6.07) is 1.88. The first-order valence-corrected chi connectivity index (χ1v) is 5.71. The van der Waals surface area contributed by atoms with Crippen LogP contribution in [0.15, 0.2) is 6.07 Å². The minimum Gasteiger partial charge on any atom is -0.381 e. The van der Waals surface area contributed by atoms with Gasteiger partial charge in [-0.05, 0) is 13.3 Å². The molecule has 0 radical (unpaired) electrons. The molecule has 0 amide bonds. The number of rotatable bonds is 7. The number of aryl methyl sites for hydroxylation is 1. The molecule has 0 aliphatic heterocycles. The fourth-order valence-corrected chi connectivity index (χ4v) is 1.43. The molecular weight excluding hydrogens is 204 g/mol. The molecule has 1 aromatic rings. The number of aromatic nitrogens is 2. The number of hydrazine groups is 1. The van der Waals surface area contributed by atoms with Crippen LogP contribution in [0.1, 0.15) is 31.8 Å². The zero-order valence-electron chi connectivity index (χ0n) is 9.99. The minimum atomic E-state index is 0.649. The monoisotopic (exact) mass is 224 g/mol. The van der Waals surface area contributed by atoms with Crippen LogP contribution < -0.4 is 11.3 Å². The molecule has 0 fully saturated rings. The predicted molar refractivity (Wildman–Crippen MR) is 64.0 cm³/mol. The van der Waals surface area contributed by atoms with Gasteiger partial charge in [0.1, 0.15) is 11.6 Å². The van der Waals surface area contributed by atoms with Crippen LogP contribution >= 0.6 is 0 Å². The van der Waals surface area contributed by atoms with Gasteiger partial charge in [0.2, 0.25) is 0 Å². The van der Waals surface area contributed by atoms with Gasteiger partial charge in [-0.2, -0.15) is 0 Å². The Hall–Kier alpha value is -1.20. The maximum atomic E-state index is 5.37. The first kappa shape index (κ1) is 12.9. The summed E-state index contributed by atoms with van der Waals surface area (Å²) in [5.41, 5.74) is 3.59. The lowest BCUT2D eigenvalue weighted by Crippen LogP contribution is -2.12. The van der Waals surface area contributed by atoms with E-state index < -0.39 is 0 Å². The van der Waals surface area contributed by atoms with Gasteiger partial charge in [0.15, 0.2) is 0 Å². The van der Waals surface area contributed by atoms with Gasteiger partial charge in [-0.15, -0.1) is 0 Å². The molecule has 0 aromatic carbocycles. The Morgan fingerprint density at radius 1 is 1.31 bits per heavy atom. The van der Waals surface area contributed by atoms with Crippen molar-refractivity contribution in [1.82, 2.24) is 9.97 Å². The van der Waals surface area contributed by atoms with Gasteiger partial charge in [-0.1, -0.05) is 13.3 Å². The minimum absolute atomic E-state index is 0.649. The summed E-state index contributed by atoms with van der Waals surface area (Å²) in [6.45, 7) is 5.46. The second-order valence-corrected chi connectivity index (χ2v) is 3.50. The van der Waals surface area contributed by atoms with Crippen molar-refractivity contribution in [2.75, 3.05) is 18.6 Å². The van der Waals surface area contributed by atoms with Crippen LogP contribution in [-0.4, -0.2) is 23.2 Å². The van der Waals surface area contributed by atoms with E-state index in [1.165, 1.54) is 0 Å². The Morgan fingerprint density at radius 2 is 2.12 bits per heavy atom. The largest absolute Gasteiger partial charge is 0.381 e. The summed E-state index contributed by atoms with van der Waals surface area (Å²) in [4.78, 5) is 8.73. The molecule has 0 saturated carbocycles. The molecule has 0 aliphatic carbocycles. The molecule has 0 atom stereocenters. The van der Waals surface area contributed by atoms with E-state index in [4.69, 9.17) is 10.6 Å². The Bertz CT molecular complexity index is 317. The van der Waals surface area contributed by atoms with Gasteiger partial charge >= 0.3 is 0 Å². The smallest absolute Gasteiger partial charge is 0.143 e. The molecule has 0 bridgehead atoms. The summed E-state index contributed by atoms with van der Waals surface area (Å²) < 4.78 is 5.28. The lowest BCUT2D eigenvalue weighted by Gasteiger charge is -2.07. The third-order valence-electron chi connectivity index (χ3n) is 2.15. The van der Waals surface area contributed by atoms with E-state index >= 15 is 0 Å². The van der Waals surface area contributed by atoms with Crippen molar-refractivity contribution < 1.29 is 4.74 Å². The SMILES string of the molecule is CCCc1cc(NN)nc(CCOCC)n1. The first-order valence-electron chi connectivity index (χ1n) is 5.71. The molecule has 3 N–H and O–H groups in total. The van der Waals surface area contributed by atoms with E-state index in [2.05, 4.69) is 22.3 Å². The highest BCUT2D eigenvalue weighted by Gasteiger charge is 2.03. The van der Waals surface area contributed by atoms with Gasteiger partial charge < -0.3 is 10.2 Å². The van der Waals surface area contributed by atoms with Crippen molar-refractivity contribution in [1.29, 1.82) is 0 Å². The van der Waals surface area contributed by atoms with Gasteiger partial charge in [0.25, 0.3) is 0 Å². The second kappa shape index (κ2) is 7.14. The topological polar surface area (TPSA) is 73.1 Å². The highest BCUT2D eigenvalue weighted by molar-refractivity contribution is 5.34. The van der Waals surface area contributed by atoms with Gasteiger partial charge in [0, 0.05) is 24.8 Å². The molecule has 5 nitrogen and oxygen atoms in total. The number of ether oxygens (including phenoxy) is 1. The van der Waals surface area contributed by atoms with Crippen LogP contribution in [0, 0.1) is 0 Å². The zero-order chi connectivity index (χ0) is 11.8. The number of hydrogen-bond acceptors (Lipinski definition) is 5. The Kier molecular flexibility index (Phi) is 5.74. The fraction of sp³-hybridized carbons (Fsp3) is 0.636. The third kappa shape index (κ3) is 4.12. The van der Waals surface area contributed by atoms with Crippen LogP contribution in [0.5, 0.6) is 0 Å². The number of anilines is 1. The van der Waals surface area contributed by atoms with Crippen molar-refractivity contribution in [3.63, 3.8) is 0 Å². The second-order valence-electron chi connectivity index (χ2n) is 3.50. The van der Waals surface area contributed by atoms with Crippen LogP contribution in [0.3, 0.4) is 0 Å². The summed E-state index contributed by atoms with van der Waals surface area (Å²) in [5.74, 6) is 6.82. The lowest BCUT2D eigenvalue weighted by molar-refractivity contribution is 0.149. The Morgan fingerprint density at radius 3 is 2.75 bits per heavy atom. The third-order valence-corrected chi connectivity index (χ3v) is 2.15. The molecular formula is C11H20N4O. The van der Waals surface area contributed by atoms with Crippen LogP contribution in [0.25, 0.3) is 0 Å². The lowest BCUT2D eigenvalue weighted by atomic mass is 10.2. The van der Waals surface area contributed by atoms with Crippen molar-refractivity contribution in [3.8, 4) is 0 Å². The van der Waals surface area contributed by atoms with Crippen molar-refractivity contribution in [2.24, 2.45) is 5.84 Å². The number of nitrogens with one attached hydrogen (secondary N) is 1. The van der Waals surface area contributed by atoms with Gasteiger partial charge in [-0.3, -0.25) is 0 Å². The van der Waals surface area contributed by atoms with Gasteiger partial charge in [0.05, 0.1) is 6.61 Å². The van der Waals surface area contributed by atoms with E-state index in [1.54, 1.807) is 0 Å². The number of nitrogen functional groups attached to an aromatic ring is 1. The molecule has 90 valence electrons. The van der Waals surface area contributed by atoms with Crippen LogP contribution in [-0.2, 0) is 17.6 Å². The van der Waals surface area contributed by atoms with Crippen LogP contribution in [0.4, 0.5) is 5.82 Å². The Labute approximate surface area is 96.4 Å². The quantitative estimate of drug-likeness (QED) is 0.415. The van der Waals surface area contributed by atoms with Crippen LogP contribution in [0.2, 0.25) is 0 Å². The first-order chi connectivity index (χ1) is 7.80. The van der Waals surface area contributed by atoms with Gasteiger partial charge in [-0.25, -0.2) is 15.8 Å². The highest BCUT2D eigenvalue weighted by Crippen LogP contribution is 2.08. The Balaban J connectivity index is 2.69. The molecule has 0 aliphatic rings. The van der Waals surface area contributed by atoms with E-state index in [0.29, 0.717) is 12.4 Å². The standard InChI is InChI=1S/C11H20N4O/c1-3-5-9-8-11(15-12)14-10(13-9)6-7-16-4-2/h8H,3-7,12H2,1-2H3,(H,13,14,15). The highest BCUT2D eigenvalue weighted by atomic mass is 16.5. The maximum Gasteiger partial charge on any atom is 0.143 e. The average Bonchev–Trinajstić information content (AvgIpc) is 2.29. The average molecular weight is 224 g/mol. The summed E-state index contributed by atoms with van der Waals surface area (Å²) in [6.07, 6.45) is 2.73. The van der Waals surface area contributed by atoms with E-state index in [1.807, 2.05) is 13.0 Å².